The van der Waals surface area contributed by atoms with E-state index in [0.29, 0.717) is 11.8 Å². The molecule has 19 heavy (non-hydrogen) atoms. The van der Waals surface area contributed by atoms with Gasteiger partial charge in [0.1, 0.15) is 5.69 Å². The van der Waals surface area contributed by atoms with Crippen LogP contribution in [-0.4, -0.2) is 5.16 Å². The van der Waals surface area contributed by atoms with E-state index >= 15 is 0 Å². The normalized spacial score (nSPS) is 23.4. The van der Waals surface area contributed by atoms with Crippen molar-refractivity contribution in [3.05, 3.63) is 35.9 Å². The molecule has 1 aliphatic rings. The zero-order chi connectivity index (χ0) is 13.2. The first-order valence-electron chi connectivity index (χ1n) is 7.05. The highest BCUT2D eigenvalue weighted by Crippen LogP contribution is 2.36. The van der Waals surface area contributed by atoms with Crippen molar-refractivity contribution >= 4 is 5.88 Å². The van der Waals surface area contributed by atoms with Gasteiger partial charge in [-0.15, -0.1) is 0 Å². The first-order chi connectivity index (χ1) is 9.22. The standard InChI is InChI=1S/C16H20N2O/c1-11-5-7-12(8-6-11)13-3-2-4-14(9-13)15-10-16(17)19-18-15/h2-4,9-12H,5-8,17H2,1H3. The molecule has 100 valence electrons. The van der Waals surface area contributed by atoms with Crippen LogP contribution < -0.4 is 5.73 Å². The highest BCUT2D eigenvalue weighted by molar-refractivity contribution is 5.62. The molecule has 0 atom stereocenters. The van der Waals surface area contributed by atoms with Gasteiger partial charge < -0.3 is 10.3 Å². The smallest absolute Gasteiger partial charge is 0.222 e. The zero-order valence-corrected chi connectivity index (χ0v) is 11.3. The van der Waals surface area contributed by atoms with Gasteiger partial charge in [0.15, 0.2) is 0 Å². The summed E-state index contributed by atoms with van der Waals surface area (Å²) < 4.78 is 4.95. The van der Waals surface area contributed by atoms with Crippen molar-refractivity contribution in [3.63, 3.8) is 0 Å². The van der Waals surface area contributed by atoms with Gasteiger partial charge in [0.05, 0.1) is 0 Å². The van der Waals surface area contributed by atoms with Gasteiger partial charge in [-0.2, -0.15) is 0 Å². The van der Waals surface area contributed by atoms with Crippen molar-refractivity contribution in [3.8, 4) is 11.3 Å². The Hall–Kier alpha value is -1.77. The van der Waals surface area contributed by atoms with Crippen molar-refractivity contribution < 1.29 is 4.52 Å². The molecular formula is C16H20N2O. The second-order valence-corrected chi connectivity index (χ2v) is 5.70. The molecule has 0 bridgehead atoms. The lowest BCUT2D eigenvalue weighted by Crippen LogP contribution is -2.10. The maximum atomic E-state index is 5.58. The molecule has 1 aromatic carbocycles. The topological polar surface area (TPSA) is 52.0 Å². The Morgan fingerprint density at radius 3 is 2.63 bits per heavy atom. The summed E-state index contributed by atoms with van der Waals surface area (Å²) in [5, 5.41) is 3.98. The Labute approximate surface area is 113 Å². The van der Waals surface area contributed by atoms with Gasteiger partial charge in [0.25, 0.3) is 0 Å². The van der Waals surface area contributed by atoms with E-state index in [-0.39, 0.29) is 0 Å². The maximum absolute atomic E-state index is 5.58. The first-order valence-corrected chi connectivity index (χ1v) is 7.05. The Kier molecular flexibility index (Phi) is 3.28. The molecule has 1 heterocycles. The minimum absolute atomic E-state index is 0.367. The van der Waals surface area contributed by atoms with Crippen LogP contribution >= 0.6 is 0 Å². The van der Waals surface area contributed by atoms with E-state index in [4.69, 9.17) is 10.3 Å². The van der Waals surface area contributed by atoms with Crippen LogP contribution in [0.4, 0.5) is 5.88 Å². The van der Waals surface area contributed by atoms with E-state index in [1.165, 1.54) is 31.2 Å². The molecule has 1 fully saturated rings. The molecule has 3 rings (SSSR count). The number of anilines is 1. The number of nitrogen functional groups attached to an aromatic ring is 1. The minimum atomic E-state index is 0.367. The first kappa shape index (κ1) is 12.3. The van der Waals surface area contributed by atoms with Crippen LogP contribution in [0.5, 0.6) is 0 Å². The van der Waals surface area contributed by atoms with Gasteiger partial charge in [-0.25, -0.2) is 0 Å². The molecule has 0 amide bonds. The molecule has 0 unspecified atom stereocenters. The van der Waals surface area contributed by atoms with Crippen LogP contribution in [0.2, 0.25) is 0 Å². The van der Waals surface area contributed by atoms with E-state index < -0.39 is 0 Å². The Balaban J connectivity index is 1.84. The third kappa shape index (κ3) is 2.65. The van der Waals surface area contributed by atoms with Crippen LogP contribution in [-0.2, 0) is 0 Å². The van der Waals surface area contributed by atoms with E-state index in [0.717, 1.165) is 17.2 Å². The predicted octanol–water partition coefficient (Wildman–Crippen LogP) is 4.22. The fourth-order valence-electron chi connectivity index (χ4n) is 2.97. The fourth-order valence-corrected chi connectivity index (χ4v) is 2.97. The molecule has 2 N–H and O–H groups in total. The summed E-state index contributed by atoms with van der Waals surface area (Å²) in [5.74, 6) is 1.95. The third-order valence-electron chi connectivity index (χ3n) is 4.20. The molecule has 0 radical (unpaired) electrons. The summed E-state index contributed by atoms with van der Waals surface area (Å²) in [6.45, 7) is 2.35. The number of rotatable bonds is 2. The number of aromatic nitrogens is 1. The van der Waals surface area contributed by atoms with Gasteiger partial charge in [-0.3, -0.25) is 0 Å². The second-order valence-electron chi connectivity index (χ2n) is 5.70. The maximum Gasteiger partial charge on any atom is 0.222 e. The van der Waals surface area contributed by atoms with Crippen molar-refractivity contribution in [1.29, 1.82) is 0 Å². The number of nitrogens with two attached hydrogens (primary N) is 1. The van der Waals surface area contributed by atoms with Gasteiger partial charge in [0, 0.05) is 11.6 Å². The minimum Gasteiger partial charge on any atom is -0.368 e. The molecule has 3 nitrogen and oxygen atoms in total. The van der Waals surface area contributed by atoms with Crippen molar-refractivity contribution in [2.24, 2.45) is 5.92 Å². The van der Waals surface area contributed by atoms with E-state index in [1.807, 2.05) is 0 Å². The third-order valence-corrected chi connectivity index (χ3v) is 4.20. The molecule has 0 spiro atoms. The van der Waals surface area contributed by atoms with Crippen LogP contribution in [0.1, 0.15) is 44.1 Å². The van der Waals surface area contributed by atoms with E-state index in [2.05, 4.69) is 36.3 Å². The monoisotopic (exact) mass is 256 g/mol. The lowest BCUT2D eigenvalue weighted by Gasteiger charge is -2.26. The summed E-state index contributed by atoms with van der Waals surface area (Å²) in [6.07, 6.45) is 5.27. The molecule has 0 aliphatic heterocycles. The van der Waals surface area contributed by atoms with Gasteiger partial charge in [-0.05, 0) is 36.3 Å². The van der Waals surface area contributed by atoms with Crippen molar-refractivity contribution in [1.82, 2.24) is 5.16 Å². The van der Waals surface area contributed by atoms with Crippen molar-refractivity contribution in [2.75, 3.05) is 5.73 Å². The summed E-state index contributed by atoms with van der Waals surface area (Å²) in [4.78, 5) is 0. The summed E-state index contributed by atoms with van der Waals surface area (Å²) >= 11 is 0. The molecule has 2 aromatic rings. The fraction of sp³-hybridized carbons (Fsp3) is 0.438. The molecule has 1 saturated carbocycles. The predicted molar refractivity (Wildman–Crippen MR) is 76.7 cm³/mol. The second kappa shape index (κ2) is 5.08. The average molecular weight is 256 g/mol. The zero-order valence-electron chi connectivity index (χ0n) is 11.3. The van der Waals surface area contributed by atoms with Gasteiger partial charge in [0.2, 0.25) is 5.88 Å². The molecule has 1 aliphatic carbocycles. The largest absolute Gasteiger partial charge is 0.368 e. The molecule has 3 heteroatoms. The molecule has 1 aromatic heterocycles. The number of nitrogens with zero attached hydrogens (tertiary/aromatic N) is 1. The van der Waals surface area contributed by atoms with E-state index in [1.54, 1.807) is 6.07 Å². The Bertz CT molecular complexity index is 553. The number of hydrogen-bond donors (Lipinski definition) is 1. The molecular weight excluding hydrogens is 236 g/mol. The van der Waals surface area contributed by atoms with Crippen LogP contribution in [0.15, 0.2) is 34.9 Å². The average Bonchev–Trinajstić information content (AvgIpc) is 2.86. The van der Waals surface area contributed by atoms with E-state index in [9.17, 15) is 0 Å². The highest BCUT2D eigenvalue weighted by atomic mass is 16.5. The van der Waals surface area contributed by atoms with Crippen LogP contribution in [0, 0.1) is 5.92 Å². The van der Waals surface area contributed by atoms with Gasteiger partial charge >= 0.3 is 0 Å². The van der Waals surface area contributed by atoms with Crippen LogP contribution in [0.3, 0.4) is 0 Å². The molecule has 0 saturated heterocycles. The highest BCUT2D eigenvalue weighted by Gasteiger charge is 2.20. The quantitative estimate of drug-likeness (QED) is 0.875. The van der Waals surface area contributed by atoms with Crippen LogP contribution in [0.25, 0.3) is 11.3 Å². The Morgan fingerprint density at radius 2 is 1.95 bits per heavy atom. The summed E-state index contributed by atoms with van der Waals surface area (Å²) in [5.41, 5.74) is 8.92. The Morgan fingerprint density at radius 1 is 1.16 bits per heavy atom. The summed E-state index contributed by atoms with van der Waals surface area (Å²) in [6, 6.07) is 10.4. The number of hydrogen-bond acceptors (Lipinski definition) is 3. The summed E-state index contributed by atoms with van der Waals surface area (Å²) in [7, 11) is 0. The number of benzene rings is 1. The lowest BCUT2D eigenvalue weighted by atomic mass is 9.79. The van der Waals surface area contributed by atoms with Crippen molar-refractivity contribution in [2.45, 2.75) is 38.5 Å². The SMILES string of the molecule is CC1CCC(c2cccc(-c3cc(N)on3)c2)CC1. The lowest BCUT2D eigenvalue weighted by molar-refractivity contribution is 0.348. The van der Waals surface area contributed by atoms with Gasteiger partial charge in [-0.1, -0.05) is 43.1 Å².